The second kappa shape index (κ2) is 4.75. The number of aromatic nitrogens is 2. The average Bonchev–Trinajstić information content (AvgIpc) is 2.25. The van der Waals surface area contributed by atoms with E-state index in [-0.39, 0.29) is 5.91 Å². The lowest BCUT2D eigenvalue weighted by molar-refractivity contribution is -0.131. The van der Waals surface area contributed by atoms with Gasteiger partial charge >= 0.3 is 0 Å². The van der Waals surface area contributed by atoms with Gasteiger partial charge in [-0.1, -0.05) is 18.6 Å². The highest BCUT2D eigenvalue weighted by Crippen LogP contribution is 2.41. The van der Waals surface area contributed by atoms with E-state index in [1.807, 2.05) is 6.07 Å². The number of hydrogen-bond acceptors (Lipinski definition) is 4. The zero-order valence-electron chi connectivity index (χ0n) is 9.35. The maximum atomic E-state index is 12.0. The molecule has 6 heteroatoms. The predicted octanol–water partition coefficient (Wildman–Crippen LogP) is 0.549. The zero-order valence-corrected chi connectivity index (χ0v) is 10.2. The van der Waals surface area contributed by atoms with Gasteiger partial charge < -0.3 is 11.1 Å². The number of nitrogens with one attached hydrogen (secondary N) is 1. The Kier molecular flexibility index (Phi) is 3.33. The molecule has 0 bridgehead atoms. The summed E-state index contributed by atoms with van der Waals surface area (Å²) in [6.07, 6.45) is 4.08. The van der Waals surface area contributed by atoms with Crippen LogP contribution in [0.5, 0.6) is 0 Å². The van der Waals surface area contributed by atoms with Crippen molar-refractivity contribution in [2.75, 3.05) is 0 Å². The van der Waals surface area contributed by atoms with E-state index in [1.165, 1.54) is 0 Å². The van der Waals surface area contributed by atoms with Gasteiger partial charge in [-0.3, -0.25) is 4.79 Å². The monoisotopic (exact) mass is 250 g/mol. The van der Waals surface area contributed by atoms with E-state index in [0.29, 0.717) is 11.5 Å². The Bertz CT molecular complexity index is 430. The van der Waals surface area contributed by atoms with Crippen molar-refractivity contribution in [3.05, 3.63) is 24.0 Å². The zero-order chi connectivity index (χ0) is 12.3. The fourth-order valence-corrected chi connectivity index (χ4v) is 2.18. The van der Waals surface area contributed by atoms with Gasteiger partial charge in [0.2, 0.25) is 5.91 Å². The molecule has 1 aromatic heterocycles. The molecule has 1 aliphatic rings. The highest BCUT2D eigenvalue weighted by atomic mass is 32.1. The Labute approximate surface area is 105 Å². The number of hydrogen-bond donors (Lipinski definition) is 2. The van der Waals surface area contributed by atoms with Crippen molar-refractivity contribution in [3.8, 4) is 0 Å². The molecule has 1 heterocycles. The normalized spacial score (nSPS) is 16.9. The van der Waals surface area contributed by atoms with Gasteiger partial charge in [-0.05, 0) is 25.0 Å². The first-order chi connectivity index (χ1) is 8.15. The van der Waals surface area contributed by atoms with Crippen LogP contribution in [0.1, 0.15) is 25.0 Å². The summed E-state index contributed by atoms with van der Waals surface area (Å²) in [7, 11) is 0. The minimum Gasteiger partial charge on any atom is -0.392 e. The van der Waals surface area contributed by atoms with Crippen molar-refractivity contribution in [2.24, 2.45) is 11.1 Å². The fraction of sp³-hybridized carbons (Fsp3) is 0.455. The fourth-order valence-electron chi connectivity index (χ4n) is 1.88. The maximum absolute atomic E-state index is 12.0. The summed E-state index contributed by atoms with van der Waals surface area (Å²) in [5, 5.41) is 10.4. The van der Waals surface area contributed by atoms with Gasteiger partial charge in [0, 0.05) is 6.20 Å². The number of carbonyl (C=O) groups excluding carboxylic acids is 1. The van der Waals surface area contributed by atoms with Crippen LogP contribution in [-0.2, 0) is 11.3 Å². The summed E-state index contributed by atoms with van der Waals surface area (Å²) in [6.45, 7) is 0.358. The van der Waals surface area contributed by atoms with Crippen molar-refractivity contribution in [1.82, 2.24) is 15.5 Å². The molecule has 1 amide bonds. The summed E-state index contributed by atoms with van der Waals surface area (Å²) in [5.41, 5.74) is 5.74. The first-order valence-corrected chi connectivity index (χ1v) is 5.91. The van der Waals surface area contributed by atoms with Crippen LogP contribution in [0.2, 0.25) is 0 Å². The van der Waals surface area contributed by atoms with E-state index in [1.54, 1.807) is 12.3 Å². The Hall–Kier alpha value is -1.56. The number of nitrogens with zero attached hydrogens (tertiary/aromatic N) is 2. The first kappa shape index (κ1) is 11.9. The SMILES string of the molecule is NC(=S)C1(C(=O)NCc2cccnn2)CCC1. The van der Waals surface area contributed by atoms with Gasteiger partial charge in [-0.25, -0.2) is 0 Å². The number of nitrogens with two attached hydrogens (primary N) is 1. The maximum Gasteiger partial charge on any atom is 0.233 e. The van der Waals surface area contributed by atoms with Crippen LogP contribution in [0.25, 0.3) is 0 Å². The Morgan fingerprint density at radius 2 is 2.35 bits per heavy atom. The van der Waals surface area contributed by atoms with Crippen molar-refractivity contribution in [3.63, 3.8) is 0 Å². The van der Waals surface area contributed by atoms with E-state index < -0.39 is 5.41 Å². The molecule has 1 fully saturated rings. The molecular weight excluding hydrogens is 236 g/mol. The molecule has 3 N–H and O–H groups in total. The van der Waals surface area contributed by atoms with E-state index in [2.05, 4.69) is 15.5 Å². The molecule has 0 aromatic carbocycles. The molecule has 1 aliphatic carbocycles. The van der Waals surface area contributed by atoms with Crippen LogP contribution >= 0.6 is 12.2 Å². The minimum absolute atomic E-state index is 0.0955. The third-order valence-electron chi connectivity index (χ3n) is 3.17. The van der Waals surface area contributed by atoms with Crippen LogP contribution in [0.3, 0.4) is 0 Å². The predicted molar refractivity (Wildman–Crippen MR) is 66.9 cm³/mol. The van der Waals surface area contributed by atoms with Gasteiger partial charge in [0.05, 0.1) is 22.6 Å². The van der Waals surface area contributed by atoms with Crippen LogP contribution < -0.4 is 11.1 Å². The molecule has 1 aromatic rings. The number of rotatable bonds is 4. The molecular formula is C11H14N4OS. The smallest absolute Gasteiger partial charge is 0.233 e. The molecule has 0 unspecified atom stereocenters. The van der Waals surface area contributed by atoms with Crippen molar-refractivity contribution in [2.45, 2.75) is 25.8 Å². The number of carbonyl (C=O) groups is 1. The second-order valence-electron chi connectivity index (χ2n) is 4.20. The van der Waals surface area contributed by atoms with Gasteiger partial charge in [0.1, 0.15) is 0 Å². The Balaban J connectivity index is 1.96. The molecule has 2 rings (SSSR count). The standard InChI is InChI=1S/C11H14N4OS/c12-9(17)11(4-2-5-11)10(16)13-7-8-3-1-6-14-15-8/h1,3,6H,2,4-5,7H2,(H2,12,17)(H,13,16). The third-order valence-corrected chi connectivity index (χ3v) is 3.56. The summed E-state index contributed by atoms with van der Waals surface area (Å²) >= 11 is 4.98. The first-order valence-electron chi connectivity index (χ1n) is 5.50. The molecule has 0 aliphatic heterocycles. The van der Waals surface area contributed by atoms with Gasteiger partial charge in [-0.15, -0.1) is 0 Å². The quantitative estimate of drug-likeness (QED) is 0.763. The van der Waals surface area contributed by atoms with Crippen LogP contribution in [0.15, 0.2) is 18.3 Å². The molecule has 0 atom stereocenters. The van der Waals surface area contributed by atoms with Crippen molar-refractivity contribution >= 4 is 23.1 Å². The molecule has 0 spiro atoms. The summed E-state index contributed by atoms with van der Waals surface area (Å²) in [6, 6.07) is 3.59. The van der Waals surface area contributed by atoms with Crippen LogP contribution in [0, 0.1) is 5.41 Å². The van der Waals surface area contributed by atoms with Crippen LogP contribution in [-0.4, -0.2) is 21.1 Å². The molecule has 0 radical (unpaired) electrons. The number of thiocarbonyl (C=S) groups is 1. The van der Waals surface area contributed by atoms with Gasteiger partial charge in [0.15, 0.2) is 0 Å². The molecule has 17 heavy (non-hydrogen) atoms. The minimum atomic E-state index is -0.627. The molecule has 0 saturated heterocycles. The molecule has 1 saturated carbocycles. The van der Waals surface area contributed by atoms with Crippen LogP contribution in [0.4, 0.5) is 0 Å². The van der Waals surface area contributed by atoms with Crippen molar-refractivity contribution < 1.29 is 4.79 Å². The summed E-state index contributed by atoms with van der Waals surface area (Å²) < 4.78 is 0. The molecule has 90 valence electrons. The topological polar surface area (TPSA) is 80.9 Å². The van der Waals surface area contributed by atoms with E-state index in [4.69, 9.17) is 18.0 Å². The average molecular weight is 250 g/mol. The lowest BCUT2D eigenvalue weighted by Crippen LogP contribution is -2.52. The van der Waals surface area contributed by atoms with Gasteiger partial charge in [0.25, 0.3) is 0 Å². The van der Waals surface area contributed by atoms with E-state index in [0.717, 1.165) is 25.0 Å². The third kappa shape index (κ3) is 2.26. The largest absolute Gasteiger partial charge is 0.392 e. The Morgan fingerprint density at radius 3 is 2.82 bits per heavy atom. The van der Waals surface area contributed by atoms with E-state index >= 15 is 0 Å². The second-order valence-corrected chi connectivity index (χ2v) is 4.64. The van der Waals surface area contributed by atoms with E-state index in [9.17, 15) is 4.79 Å². The highest BCUT2D eigenvalue weighted by Gasteiger charge is 2.46. The summed E-state index contributed by atoms with van der Waals surface area (Å²) in [4.78, 5) is 12.3. The van der Waals surface area contributed by atoms with Gasteiger partial charge in [-0.2, -0.15) is 10.2 Å². The lowest BCUT2D eigenvalue weighted by Gasteiger charge is -2.39. The lowest BCUT2D eigenvalue weighted by atomic mass is 9.68. The summed E-state index contributed by atoms with van der Waals surface area (Å²) in [5.74, 6) is -0.0955. The number of amides is 1. The van der Waals surface area contributed by atoms with Crippen molar-refractivity contribution in [1.29, 1.82) is 0 Å². The Morgan fingerprint density at radius 1 is 1.59 bits per heavy atom. The molecule has 5 nitrogen and oxygen atoms in total. The highest BCUT2D eigenvalue weighted by molar-refractivity contribution is 7.80.